The molecule has 0 bridgehead atoms. The van der Waals surface area contributed by atoms with Crippen molar-refractivity contribution in [3.05, 3.63) is 52.8 Å². The summed E-state index contributed by atoms with van der Waals surface area (Å²) in [5.74, 6) is 0.285. The third kappa shape index (κ3) is 5.25. The third-order valence-electron chi connectivity index (χ3n) is 6.74. The van der Waals surface area contributed by atoms with E-state index in [1.807, 2.05) is 6.07 Å². The van der Waals surface area contributed by atoms with Crippen molar-refractivity contribution >= 4 is 44.4 Å². The van der Waals surface area contributed by atoms with Crippen LogP contribution < -0.4 is 0 Å². The lowest BCUT2D eigenvalue weighted by molar-refractivity contribution is 0.0960. The number of hydrogen-bond acceptors (Lipinski definition) is 5. The number of ether oxygens (including phenoxy) is 1. The lowest BCUT2D eigenvalue weighted by Crippen LogP contribution is -2.39. The highest BCUT2D eigenvalue weighted by molar-refractivity contribution is 7.98. The molecule has 2 aliphatic heterocycles. The van der Waals surface area contributed by atoms with Gasteiger partial charge in [-0.1, -0.05) is 42.4 Å². The number of fused-ring (bicyclic) bond motifs is 1. The maximum Gasteiger partial charge on any atom is 0.243 e. The molecule has 3 heterocycles. The molecule has 2 saturated heterocycles. The largest absolute Gasteiger partial charge is 0.376 e. The molecule has 0 aliphatic carbocycles. The minimum absolute atomic E-state index is 0.0768. The predicted octanol–water partition coefficient (Wildman–Crippen LogP) is 5.72. The van der Waals surface area contributed by atoms with Gasteiger partial charge in [-0.05, 0) is 61.4 Å². The monoisotopic (exact) mass is 537 g/mol. The van der Waals surface area contributed by atoms with Crippen molar-refractivity contribution in [3.8, 4) is 0 Å². The predicted molar refractivity (Wildman–Crippen MR) is 137 cm³/mol. The normalized spacial score (nSPS) is 21.7. The molecule has 3 aromatic rings. The molecule has 2 fully saturated rings. The topological polar surface area (TPSA) is 64.4 Å². The lowest BCUT2D eigenvalue weighted by atomic mass is 10.0. The smallest absolute Gasteiger partial charge is 0.243 e. The average molecular weight is 538 g/mol. The van der Waals surface area contributed by atoms with E-state index in [0.29, 0.717) is 47.5 Å². The van der Waals surface area contributed by atoms with E-state index in [4.69, 9.17) is 21.3 Å². The molecule has 2 aromatic carbocycles. The van der Waals surface area contributed by atoms with Crippen LogP contribution in [0.25, 0.3) is 11.0 Å². The van der Waals surface area contributed by atoms with Gasteiger partial charge in [-0.25, -0.2) is 17.8 Å². The first-order valence-electron chi connectivity index (χ1n) is 12.0. The van der Waals surface area contributed by atoms with Crippen molar-refractivity contribution in [1.29, 1.82) is 0 Å². The number of piperidine rings is 1. The molecule has 35 heavy (non-hydrogen) atoms. The fraction of sp³-hybridized carbons (Fsp3) is 0.480. The summed E-state index contributed by atoms with van der Waals surface area (Å²) in [5.41, 5.74) is 1.96. The minimum atomic E-state index is -3.59. The summed E-state index contributed by atoms with van der Waals surface area (Å²) in [6, 6.07) is 10.2. The van der Waals surface area contributed by atoms with Crippen LogP contribution in [-0.2, 0) is 27.1 Å². The Morgan fingerprint density at radius 1 is 1.23 bits per heavy atom. The maximum absolute atomic E-state index is 14.5. The lowest BCUT2D eigenvalue weighted by Gasteiger charge is -2.30. The van der Waals surface area contributed by atoms with E-state index in [1.54, 1.807) is 28.6 Å². The first-order valence-corrected chi connectivity index (χ1v) is 14.8. The Balaban J connectivity index is 1.48. The van der Waals surface area contributed by atoms with Gasteiger partial charge in [-0.3, -0.25) is 0 Å². The van der Waals surface area contributed by atoms with Crippen molar-refractivity contribution < 1.29 is 17.5 Å². The molecule has 2 atom stereocenters. The Morgan fingerprint density at radius 3 is 2.86 bits per heavy atom. The van der Waals surface area contributed by atoms with Crippen LogP contribution in [0.5, 0.6) is 0 Å². The van der Waals surface area contributed by atoms with E-state index in [1.165, 1.54) is 17.8 Å². The van der Waals surface area contributed by atoms with Crippen LogP contribution in [-0.4, -0.2) is 48.1 Å². The van der Waals surface area contributed by atoms with Crippen molar-refractivity contribution in [2.24, 2.45) is 5.92 Å². The Labute approximate surface area is 214 Å². The number of benzene rings is 2. The average Bonchev–Trinajstić information content (AvgIpc) is 3.48. The molecule has 5 rings (SSSR count). The second-order valence-electron chi connectivity index (χ2n) is 9.40. The molecule has 0 radical (unpaired) electrons. The van der Waals surface area contributed by atoms with Crippen molar-refractivity contribution in [2.75, 3.05) is 19.7 Å². The Hall–Kier alpha value is -1.65. The maximum atomic E-state index is 14.5. The van der Waals surface area contributed by atoms with Gasteiger partial charge in [0.25, 0.3) is 0 Å². The van der Waals surface area contributed by atoms with E-state index >= 15 is 0 Å². The van der Waals surface area contributed by atoms with Gasteiger partial charge in [0.1, 0.15) is 5.82 Å². The molecule has 6 nitrogen and oxygen atoms in total. The standard InChI is InChI=1S/C25H29ClFN3O3S2/c1-17-5-3-11-29(14-17)35(31,32)20-9-10-23-22(13-20)28-25(30(23)15-19-7-4-12-33-19)34-16-18-6-2-8-21(26)24(18)27/h2,6,8-10,13,17,19H,3-5,7,11-12,14-16H2,1H3/t17-,19-/m1/s1. The van der Waals surface area contributed by atoms with Crippen molar-refractivity contribution in [1.82, 2.24) is 13.9 Å². The van der Waals surface area contributed by atoms with E-state index < -0.39 is 15.8 Å². The molecule has 1 aromatic heterocycles. The fourth-order valence-electron chi connectivity index (χ4n) is 4.84. The molecule has 2 aliphatic rings. The summed E-state index contributed by atoms with van der Waals surface area (Å²) in [4.78, 5) is 5.05. The first-order chi connectivity index (χ1) is 16.8. The van der Waals surface area contributed by atoms with Gasteiger partial charge in [0.15, 0.2) is 5.16 Å². The van der Waals surface area contributed by atoms with Gasteiger partial charge in [-0.15, -0.1) is 0 Å². The fourth-order valence-corrected chi connectivity index (χ4v) is 7.65. The number of halogens is 2. The van der Waals surface area contributed by atoms with Crippen molar-refractivity contribution in [2.45, 2.75) is 61.1 Å². The zero-order valence-electron chi connectivity index (χ0n) is 19.6. The molecule has 0 N–H and O–H groups in total. The molecule has 188 valence electrons. The zero-order valence-corrected chi connectivity index (χ0v) is 22.0. The minimum Gasteiger partial charge on any atom is -0.376 e. The molecular formula is C25H29ClFN3O3S2. The quantitative estimate of drug-likeness (QED) is 0.361. The zero-order chi connectivity index (χ0) is 24.6. The number of thioether (sulfide) groups is 1. The second kappa shape index (κ2) is 10.4. The number of imidazole rings is 1. The van der Waals surface area contributed by atoms with Crippen LogP contribution in [0.4, 0.5) is 4.39 Å². The van der Waals surface area contributed by atoms with Crippen molar-refractivity contribution in [3.63, 3.8) is 0 Å². The first kappa shape index (κ1) is 25.0. The molecule has 10 heteroatoms. The Bertz CT molecular complexity index is 1320. The van der Waals surface area contributed by atoms with E-state index in [2.05, 4.69) is 11.5 Å². The van der Waals surface area contributed by atoms with Crippen LogP contribution in [0, 0.1) is 11.7 Å². The molecule has 0 unspecified atom stereocenters. The van der Waals surface area contributed by atoms with Crippen LogP contribution in [0.15, 0.2) is 46.5 Å². The van der Waals surface area contributed by atoms with Crippen LogP contribution in [0.1, 0.15) is 38.2 Å². The van der Waals surface area contributed by atoms with E-state index in [-0.39, 0.29) is 16.0 Å². The van der Waals surface area contributed by atoms with Gasteiger partial charge in [0.05, 0.1) is 33.6 Å². The van der Waals surface area contributed by atoms with E-state index in [0.717, 1.165) is 37.8 Å². The number of hydrogen-bond donors (Lipinski definition) is 0. The molecule has 0 amide bonds. The van der Waals surface area contributed by atoms with Gasteiger partial charge in [-0.2, -0.15) is 4.31 Å². The van der Waals surface area contributed by atoms with Gasteiger partial charge < -0.3 is 9.30 Å². The summed E-state index contributed by atoms with van der Waals surface area (Å²) in [5, 5.41) is 0.800. The molecule has 0 spiro atoms. The highest BCUT2D eigenvalue weighted by Crippen LogP contribution is 2.32. The third-order valence-corrected chi connectivity index (χ3v) is 9.92. The Morgan fingerprint density at radius 2 is 2.09 bits per heavy atom. The summed E-state index contributed by atoms with van der Waals surface area (Å²) >= 11 is 7.37. The number of rotatable bonds is 7. The van der Waals surface area contributed by atoms with Crippen LogP contribution >= 0.6 is 23.4 Å². The summed E-state index contributed by atoms with van der Waals surface area (Å²) in [6.07, 6.45) is 3.98. The van der Waals surface area contributed by atoms with E-state index in [9.17, 15) is 12.8 Å². The number of nitrogens with zero attached hydrogens (tertiary/aromatic N) is 3. The second-order valence-corrected chi connectivity index (χ2v) is 12.7. The van der Waals surface area contributed by atoms with Gasteiger partial charge in [0.2, 0.25) is 10.0 Å². The summed E-state index contributed by atoms with van der Waals surface area (Å²) in [6.45, 7) is 4.53. The molecular weight excluding hydrogens is 509 g/mol. The summed E-state index contributed by atoms with van der Waals surface area (Å²) in [7, 11) is -3.59. The molecule has 0 saturated carbocycles. The van der Waals surface area contributed by atoms with Crippen LogP contribution in [0.3, 0.4) is 0 Å². The Kier molecular flexibility index (Phi) is 7.42. The van der Waals surface area contributed by atoms with Crippen LogP contribution in [0.2, 0.25) is 5.02 Å². The van der Waals surface area contributed by atoms with Gasteiger partial charge >= 0.3 is 0 Å². The van der Waals surface area contributed by atoms with Gasteiger partial charge in [0, 0.05) is 25.4 Å². The number of sulfonamides is 1. The number of aromatic nitrogens is 2. The highest BCUT2D eigenvalue weighted by atomic mass is 35.5. The SMILES string of the molecule is C[C@@H]1CCCN(S(=O)(=O)c2ccc3c(c2)nc(SCc2cccc(Cl)c2F)n3C[C@H]2CCCO2)C1. The summed E-state index contributed by atoms with van der Waals surface area (Å²) < 4.78 is 50.7. The highest BCUT2D eigenvalue weighted by Gasteiger charge is 2.29.